The molecule has 41 heavy (non-hydrogen) atoms. The van der Waals surface area contributed by atoms with Crippen molar-refractivity contribution < 1.29 is 9.47 Å². The molecule has 4 bridgehead atoms. The van der Waals surface area contributed by atoms with Crippen molar-refractivity contribution in [3.8, 4) is 11.5 Å². The number of hydrogen-bond donors (Lipinski definition) is 0. The van der Waals surface area contributed by atoms with Gasteiger partial charge in [0.25, 0.3) is 0 Å². The van der Waals surface area contributed by atoms with Gasteiger partial charge in [0, 0.05) is 0 Å². The third-order valence-corrected chi connectivity index (χ3v) is 27.4. The van der Waals surface area contributed by atoms with E-state index in [1.165, 1.54) is 75.3 Å². The van der Waals surface area contributed by atoms with Crippen molar-refractivity contribution in [3.63, 3.8) is 0 Å². The average Bonchev–Trinajstić information content (AvgIpc) is 3.71. The predicted octanol–water partition coefficient (Wildman–Crippen LogP) is 11.5. The molecular formula is C36H50Br2GeO2. The van der Waals surface area contributed by atoms with Gasteiger partial charge in [0.05, 0.1) is 0 Å². The molecule has 0 heterocycles. The van der Waals surface area contributed by atoms with E-state index in [2.05, 4.69) is 110 Å². The summed E-state index contributed by atoms with van der Waals surface area (Å²) in [5.41, 5.74) is 4.80. The molecule has 0 N–H and O–H groups in total. The zero-order chi connectivity index (χ0) is 29.3. The monoisotopic (exact) mass is 746 g/mol. The number of hydrogen-bond acceptors (Lipinski definition) is 2. The van der Waals surface area contributed by atoms with Crippen LogP contribution in [0, 0.1) is 11.8 Å². The van der Waals surface area contributed by atoms with Gasteiger partial charge in [-0.1, -0.05) is 0 Å². The van der Waals surface area contributed by atoms with E-state index in [0.717, 1.165) is 43.2 Å². The number of rotatable bonds is 8. The zero-order valence-electron chi connectivity index (χ0n) is 26.2. The summed E-state index contributed by atoms with van der Waals surface area (Å²) < 4.78 is 17.4. The number of benzene rings is 2. The molecule has 4 aliphatic rings. The Kier molecular flexibility index (Phi) is 8.10. The minimum atomic E-state index is -2.90. The van der Waals surface area contributed by atoms with Crippen molar-refractivity contribution in [1.82, 2.24) is 0 Å². The van der Waals surface area contributed by atoms with Crippen LogP contribution in [0.2, 0.25) is 8.49 Å². The standard InChI is InChI=1S/C36H50Br2GeO2/c1-33(2,3)27-7-9-31(29(37)19-27)40-23-39(35-15-11-25(21-35)12-16-35,36-17-13-26(22-36)14-18-36)24-41-32-10-8-28(20-30(32)38)34(4,5)6/h7-10,19-20,25-26H,11-18,21-24H2,1-6H3. The Hall–Kier alpha value is -0.457. The van der Waals surface area contributed by atoms with Gasteiger partial charge >= 0.3 is 270 Å². The summed E-state index contributed by atoms with van der Waals surface area (Å²) in [6.45, 7) is 13.7. The van der Waals surface area contributed by atoms with Crippen LogP contribution in [0.5, 0.6) is 11.5 Å². The molecule has 0 unspecified atom stereocenters. The van der Waals surface area contributed by atoms with Crippen LogP contribution in [0.1, 0.15) is 117 Å². The van der Waals surface area contributed by atoms with Crippen molar-refractivity contribution in [2.24, 2.45) is 11.8 Å². The molecule has 224 valence electrons. The van der Waals surface area contributed by atoms with Gasteiger partial charge in [-0.05, 0) is 0 Å². The van der Waals surface area contributed by atoms with Crippen molar-refractivity contribution in [1.29, 1.82) is 0 Å². The van der Waals surface area contributed by atoms with Crippen LogP contribution < -0.4 is 9.47 Å². The zero-order valence-corrected chi connectivity index (χ0v) is 31.4. The summed E-state index contributed by atoms with van der Waals surface area (Å²) in [4.78, 5) is 0. The van der Waals surface area contributed by atoms with Crippen molar-refractivity contribution in [3.05, 3.63) is 56.5 Å². The topological polar surface area (TPSA) is 18.5 Å². The third-order valence-electron chi connectivity index (χ3n) is 12.1. The van der Waals surface area contributed by atoms with E-state index in [1.54, 1.807) is 0 Å². The van der Waals surface area contributed by atoms with E-state index in [-0.39, 0.29) is 10.8 Å². The number of halogens is 2. The molecule has 2 aromatic carbocycles. The maximum atomic E-state index is 7.11. The molecule has 4 aliphatic carbocycles. The van der Waals surface area contributed by atoms with Gasteiger partial charge in [-0.25, -0.2) is 0 Å². The van der Waals surface area contributed by atoms with Crippen LogP contribution in [0.25, 0.3) is 0 Å². The van der Waals surface area contributed by atoms with Crippen LogP contribution in [-0.2, 0) is 10.8 Å². The second-order valence-electron chi connectivity index (χ2n) is 16.3. The van der Waals surface area contributed by atoms with E-state index in [0.29, 0.717) is 8.49 Å². The summed E-state index contributed by atoms with van der Waals surface area (Å²) in [7, 11) is 0. The number of ether oxygens (including phenoxy) is 2. The second kappa shape index (κ2) is 10.9. The fraction of sp³-hybridized carbons (Fsp3) is 0.667. The van der Waals surface area contributed by atoms with Gasteiger partial charge in [0.1, 0.15) is 0 Å². The fourth-order valence-electron chi connectivity index (χ4n) is 9.52. The Morgan fingerprint density at radius 3 is 1.29 bits per heavy atom. The van der Waals surface area contributed by atoms with Gasteiger partial charge in [0.2, 0.25) is 0 Å². The molecule has 0 aromatic heterocycles. The molecule has 5 heteroatoms. The van der Waals surface area contributed by atoms with Gasteiger partial charge < -0.3 is 0 Å². The quantitative estimate of drug-likeness (QED) is 0.251. The molecule has 0 saturated heterocycles. The van der Waals surface area contributed by atoms with E-state index < -0.39 is 13.3 Å². The molecular weight excluding hydrogens is 697 g/mol. The molecule has 0 spiro atoms. The first-order chi connectivity index (χ1) is 19.3. The average molecular weight is 747 g/mol. The Labute approximate surface area is 268 Å². The first-order valence-corrected chi connectivity index (χ1v) is 22.8. The molecule has 0 aliphatic heterocycles. The predicted molar refractivity (Wildman–Crippen MR) is 181 cm³/mol. The molecule has 6 rings (SSSR count). The fourth-order valence-corrected chi connectivity index (χ4v) is 25.4. The van der Waals surface area contributed by atoms with Gasteiger partial charge in [-0.3, -0.25) is 0 Å². The van der Waals surface area contributed by atoms with Crippen LogP contribution in [-0.4, -0.2) is 24.1 Å². The van der Waals surface area contributed by atoms with Crippen molar-refractivity contribution in [2.45, 2.75) is 125 Å². The maximum absolute atomic E-state index is 7.11. The molecule has 2 aromatic rings. The Bertz CT molecular complexity index is 1170. The van der Waals surface area contributed by atoms with E-state index >= 15 is 0 Å². The molecule has 0 amide bonds. The van der Waals surface area contributed by atoms with Crippen molar-refractivity contribution in [2.75, 3.05) is 10.9 Å². The summed E-state index contributed by atoms with van der Waals surface area (Å²) in [6, 6.07) is 13.6. The van der Waals surface area contributed by atoms with Gasteiger partial charge in [-0.15, -0.1) is 0 Å². The molecule has 0 atom stereocenters. The normalized spacial score (nSPS) is 29.4. The van der Waals surface area contributed by atoms with Crippen LogP contribution in [0.4, 0.5) is 0 Å². The minimum absolute atomic E-state index is 0.121. The van der Waals surface area contributed by atoms with Crippen LogP contribution in [0.15, 0.2) is 45.3 Å². The first-order valence-electron chi connectivity index (χ1n) is 16.1. The summed E-state index contributed by atoms with van der Waals surface area (Å²) >= 11 is 4.94. The second-order valence-corrected chi connectivity index (χ2v) is 28.2. The molecule has 2 nitrogen and oxygen atoms in total. The van der Waals surface area contributed by atoms with E-state index in [9.17, 15) is 0 Å². The Morgan fingerprint density at radius 2 is 1.02 bits per heavy atom. The SMILES string of the molecule is CC(C)(C)c1ccc(O[CH2][Ge]([CH2]Oc2ccc(C(C)(C)C)cc2Br)([C]23CCC(CC2)C3)[C]23CCC(CC2)C3)c(Br)c1. The first kappa shape index (κ1) is 30.6. The van der Waals surface area contributed by atoms with Gasteiger partial charge in [0.15, 0.2) is 0 Å². The van der Waals surface area contributed by atoms with E-state index in [1.807, 2.05) is 0 Å². The van der Waals surface area contributed by atoms with Crippen molar-refractivity contribution >= 4 is 45.1 Å². The summed E-state index contributed by atoms with van der Waals surface area (Å²) in [5, 5.41) is 0. The summed E-state index contributed by atoms with van der Waals surface area (Å²) in [6.07, 6.45) is 14.3. The summed E-state index contributed by atoms with van der Waals surface area (Å²) in [5.74, 6) is 3.92. The Morgan fingerprint density at radius 1 is 0.659 bits per heavy atom. The third kappa shape index (κ3) is 5.41. The van der Waals surface area contributed by atoms with Crippen LogP contribution >= 0.6 is 31.9 Å². The number of fused-ring (bicyclic) bond motifs is 4. The van der Waals surface area contributed by atoms with E-state index in [4.69, 9.17) is 9.47 Å². The molecule has 0 radical (unpaired) electrons. The Balaban J connectivity index is 1.38. The molecule has 4 saturated carbocycles. The van der Waals surface area contributed by atoms with Crippen LogP contribution in [0.3, 0.4) is 0 Å². The van der Waals surface area contributed by atoms with Gasteiger partial charge in [-0.2, -0.15) is 0 Å². The molecule has 4 fully saturated rings.